The Kier molecular flexibility index (Phi) is 8.02. The molecule has 0 fully saturated rings. The molecule has 0 saturated heterocycles. The Balaban J connectivity index is 1.68. The Bertz CT molecular complexity index is 1130. The average molecular weight is 424 g/mol. The van der Waals surface area contributed by atoms with Gasteiger partial charge >= 0.3 is 0 Å². The zero-order valence-electron chi connectivity index (χ0n) is 18.5. The number of azide groups is 1. The van der Waals surface area contributed by atoms with Gasteiger partial charge in [0.1, 0.15) is 6.54 Å². The molecule has 0 atom stereocenters. The Hall–Kier alpha value is -4.07. The molecule has 3 aromatic rings. The van der Waals surface area contributed by atoms with Gasteiger partial charge in [-0.1, -0.05) is 41.5 Å². The first-order chi connectivity index (χ1) is 15.6. The lowest BCUT2D eigenvalue weighted by atomic mass is 10.00. The predicted molar refractivity (Wildman–Crippen MR) is 130 cm³/mol. The Morgan fingerprint density at radius 1 is 1.00 bits per heavy atom. The second kappa shape index (κ2) is 11.4. The van der Waals surface area contributed by atoms with Gasteiger partial charge in [-0.05, 0) is 52.4 Å². The van der Waals surface area contributed by atoms with Crippen LogP contribution < -0.4 is 9.47 Å². The molecule has 3 rings (SSSR count). The zero-order valence-corrected chi connectivity index (χ0v) is 18.5. The third-order valence-electron chi connectivity index (χ3n) is 5.25. The molecule has 6 nitrogen and oxygen atoms in total. The molecule has 0 saturated carbocycles. The topological polar surface area (TPSA) is 79.7 Å². The van der Waals surface area contributed by atoms with Gasteiger partial charge in [-0.3, -0.25) is 0 Å². The maximum Gasteiger partial charge on any atom is 0.169 e. The number of nitriles is 1. The minimum atomic E-state index is 0.544. The van der Waals surface area contributed by atoms with E-state index in [1.165, 1.54) is 0 Å². The van der Waals surface area contributed by atoms with E-state index in [1.54, 1.807) is 0 Å². The number of rotatable bonds is 9. The van der Waals surface area contributed by atoms with E-state index in [0.717, 1.165) is 47.3 Å². The summed E-state index contributed by atoms with van der Waals surface area (Å²) in [4.78, 5) is 4.82. The van der Waals surface area contributed by atoms with Gasteiger partial charge in [0.2, 0.25) is 0 Å². The summed E-state index contributed by atoms with van der Waals surface area (Å²) >= 11 is 0. The molecule has 0 aliphatic carbocycles. The number of hydrogen-bond donors (Lipinski definition) is 0. The molecule has 0 N–H and O–H groups in total. The van der Waals surface area contributed by atoms with E-state index in [2.05, 4.69) is 62.2 Å². The quantitative estimate of drug-likeness (QED) is 0.0821. The number of anilines is 1. The monoisotopic (exact) mass is 423 g/mol. The third kappa shape index (κ3) is 6.21. The third-order valence-corrected chi connectivity index (χ3v) is 5.25. The van der Waals surface area contributed by atoms with Crippen LogP contribution in [-0.4, -0.2) is 20.6 Å². The van der Waals surface area contributed by atoms with Crippen LogP contribution in [0, 0.1) is 11.3 Å². The molecular weight excluding hydrogens is 396 g/mol. The molecule has 0 unspecified atom stereocenters. The van der Waals surface area contributed by atoms with Crippen LogP contribution in [0.25, 0.3) is 33.2 Å². The Labute approximate surface area is 189 Å². The van der Waals surface area contributed by atoms with Crippen molar-refractivity contribution in [2.75, 3.05) is 25.5 Å². The van der Waals surface area contributed by atoms with Gasteiger partial charge in [-0.25, -0.2) is 4.57 Å². The zero-order chi connectivity index (χ0) is 22.8. The normalized spacial score (nSPS) is 10.8. The average Bonchev–Trinajstić information content (AvgIpc) is 2.83. The number of benzene rings is 2. The molecule has 0 aliphatic rings. The van der Waals surface area contributed by atoms with E-state index in [0.29, 0.717) is 12.1 Å². The SMILES string of the molecule is CN(C)c1ccc(/C=C(\C#N)c2ccc(-c3cc[n+](CCCCN=[N+]=[N-])cc3)cc2)cc1. The van der Waals surface area contributed by atoms with Crippen molar-refractivity contribution in [2.24, 2.45) is 5.11 Å². The highest BCUT2D eigenvalue weighted by Crippen LogP contribution is 2.24. The van der Waals surface area contributed by atoms with Crippen molar-refractivity contribution >= 4 is 17.3 Å². The first-order valence-corrected chi connectivity index (χ1v) is 10.6. The van der Waals surface area contributed by atoms with E-state index >= 15 is 0 Å². The van der Waals surface area contributed by atoms with Crippen LogP contribution in [0.1, 0.15) is 24.0 Å². The molecule has 2 aromatic carbocycles. The van der Waals surface area contributed by atoms with Crippen molar-refractivity contribution in [1.29, 1.82) is 5.26 Å². The van der Waals surface area contributed by atoms with Gasteiger partial charge in [0, 0.05) is 49.8 Å². The second-order valence-corrected chi connectivity index (χ2v) is 7.72. The number of aryl methyl sites for hydroxylation is 1. The fraction of sp³-hybridized carbons (Fsp3) is 0.231. The fourth-order valence-electron chi connectivity index (χ4n) is 3.38. The fourth-order valence-corrected chi connectivity index (χ4v) is 3.38. The number of hydrogen-bond acceptors (Lipinski definition) is 3. The summed E-state index contributed by atoms with van der Waals surface area (Å²) < 4.78 is 2.13. The van der Waals surface area contributed by atoms with Crippen LogP contribution in [0.2, 0.25) is 0 Å². The van der Waals surface area contributed by atoms with Crippen molar-refractivity contribution in [1.82, 2.24) is 0 Å². The number of allylic oxidation sites excluding steroid dienone is 1. The molecule has 0 radical (unpaired) electrons. The first kappa shape index (κ1) is 22.6. The largest absolute Gasteiger partial charge is 0.378 e. The first-order valence-electron chi connectivity index (χ1n) is 10.6. The Morgan fingerprint density at radius 2 is 1.66 bits per heavy atom. The van der Waals surface area contributed by atoms with Gasteiger partial charge in [0.25, 0.3) is 0 Å². The number of pyridine rings is 1. The van der Waals surface area contributed by atoms with Gasteiger partial charge < -0.3 is 4.90 Å². The van der Waals surface area contributed by atoms with Crippen LogP contribution in [0.5, 0.6) is 0 Å². The molecule has 1 aromatic heterocycles. The summed E-state index contributed by atoms with van der Waals surface area (Å²) in [5.74, 6) is 0. The standard InChI is InChI=1S/C26H27N6/c1-31(2)26-11-5-21(6-12-26)19-25(20-27)23-9-7-22(8-10-23)24-13-17-32(18-14-24)16-4-3-15-29-30-28/h5-14,17-19H,3-4,15-16H2,1-2H3/q+1. The molecule has 0 amide bonds. The second-order valence-electron chi connectivity index (χ2n) is 7.72. The lowest BCUT2D eigenvalue weighted by Crippen LogP contribution is -2.32. The van der Waals surface area contributed by atoms with E-state index in [9.17, 15) is 5.26 Å². The van der Waals surface area contributed by atoms with Crippen molar-refractivity contribution < 1.29 is 4.57 Å². The van der Waals surface area contributed by atoms with Gasteiger partial charge in [0.15, 0.2) is 12.4 Å². The minimum absolute atomic E-state index is 0.544. The van der Waals surface area contributed by atoms with E-state index < -0.39 is 0 Å². The number of unbranched alkanes of at least 4 members (excludes halogenated alkanes) is 1. The number of aromatic nitrogens is 1. The summed E-state index contributed by atoms with van der Waals surface area (Å²) in [7, 11) is 4.02. The van der Waals surface area contributed by atoms with Crippen LogP contribution in [0.4, 0.5) is 5.69 Å². The number of nitrogens with zero attached hydrogens (tertiary/aromatic N) is 6. The highest BCUT2D eigenvalue weighted by molar-refractivity contribution is 5.90. The summed E-state index contributed by atoms with van der Waals surface area (Å²) in [6.45, 7) is 1.44. The van der Waals surface area contributed by atoms with Crippen molar-refractivity contribution in [3.63, 3.8) is 0 Å². The van der Waals surface area contributed by atoms with Gasteiger partial charge in [-0.2, -0.15) is 5.26 Å². The van der Waals surface area contributed by atoms with Crippen LogP contribution in [0.3, 0.4) is 0 Å². The van der Waals surface area contributed by atoms with Crippen molar-refractivity contribution in [3.8, 4) is 17.2 Å². The molecule has 0 aliphatic heterocycles. The van der Waals surface area contributed by atoms with Crippen LogP contribution >= 0.6 is 0 Å². The smallest absolute Gasteiger partial charge is 0.169 e. The summed E-state index contributed by atoms with van der Waals surface area (Å²) in [6.07, 6.45) is 7.90. The molecule has 32 heavy (non-hydrogen) atoms. The highest BCUT2D eigenvalue weighted by Gasteiger charge is 2.06. The van der Waals surface area contributed by atoms with Gasteiger partial charge in [0.05, 0.1) is 11.6 Å². The molecule has 6 heteroatoms. The summed E-state index contributed by atoms with van der Waals surface area (Å²) in [6, 6.07) is 22.7. The van der Waals surface area contributed by atoms with Crippen molar-refractivity contribution in [3.05, 3.63) is 94.6 Å². The lowest BCUT2D eigenvalue weighted by molar-refractivity contribution is -0.697. The lowest BCUT2D eigenvalue weighted by Gasteiger charge is -2.12. The van der Waals surface area contributed by atoms with E-state index in [1.807, 2.05) is 56.6 Å². The summed E-state index contributed by atoms with van der Waals surface area (Å²) in [5, 5.41) is 13.2. The van der Waals surface area contributed by atoms with E-state index in [-0.39, 0.29) is 0 Å². The maximum absolute atomic E-state index is 9.67. The van der Waals surface area contributed by atoms with Crippen molar-refractivity contribution in [2.45, 2.75) is 19.4 Å². The summed E-state index contributed by atoms with van der Waals surface area (Å²) in [5.41, 5.74) is 14.2. The van der Waals surface area contributed by atoms with Crippen LogP contribution in [-0.2, 0) is 6.54 Å². The minimum Gasteiger partial charge on any atom is -0.378 e. The molecule has 1 heterocycles. The predicted octanol–water partition coefficient (Wildman–Crippen LogP) is 5.86. The molecular formula is C26H27N6+. The molecule has 160 valence electrons. The van der Waals surface area contributed by atoms with Crippen LogP contribution in [0.15, 0.2) is 78.2 Å². The Morgan fingerprint density at radius 3 is 2.25 bits per heavy atom. The maximum atomic E-state index is 9.67. The van der Waals surface area contributed by atoms with E-state index in [4.69, 9.17) is 5.53 Å². The highest BCUT2D eigenvalue weighted by atomic mass is 15.1. The molecule has 0 spiro atoms. The molecule has 0 bridgehead atoms. The van der Waals surface area contributed by atoms with Gasteiger partial charge in [-0.15, -0.1) is 0 Å².